The van der Waals surface area contributed by atoms with Gasteiger partial charge in [-0.15, -0.1) is 0 Å². The van der Waals surface area contributed by atoms with Gasteiger partial charge in [0.05, 0.1) is 19.8 Å². The number of hydrogen-bond donors (Lipinski definition) is 1. The molecule has 0 saturated carbocycles. The van der Waals surface area contributed by atoms with Crippen LogP contribution in [0.4, 0.5) is 4.39 Å². The molecule has 0 amide bonds. The highest BCUT2D eigenvalue weighted by atomic mass is 19.1. The van der Waals surface area contributed by atoms with E-state index in [2.05, 4.69) is 5.32 Å². The Hall–Kier alpha value is -1.29. The Labute approximate surface area is 94.6 Å². The molecule has 88 valence electrons. The van der Waals surface area contributed by atoms with E-state index in [4.69, 9.17) is 9.47 Å². The molecule has 1 unspecified atom stereocenters. The predicted molar refractivity (Wildman–Crippen MR) is 59.5 cm³/mol. The monoisotopic (exact) mass is 225 g/mol. The second kappa shape index (κ2) is 4.70. The van der Waals surface area contributed by atoms with Crippen LogP contribution in [-0.4, -0.2) is 20.8 Å². The molecule has 1 aromatic rings. The molecule has 1 N–H and O–H groups in total. The summed E-state index contributed by atoms with van der Waals surface area (Å²) in [6.07, 6.45) is 2.15. The molecule has 1 aromatic carbocycles. The summed E-state index contributed by atoms with van der Waals surface area (Å²) in [5.74, 6) is 0.767. The van der Waals surface area contributed by atoms with E-state index in [1.54, 1.807) is 14.2 Å². The summed E-state index contributed by atoms with van der Waals surface area (Å²) < 4.78 is 23.7. The molecular formula is C12H16FNO2. The smallest absolute Gasteiger partial charge is 0.130 e. The molecule has 1 atom stereocenters. The van der Waals surface area contributed by atoms with Crippen molar-refractivity contribution in [2.24, 2.45) is 0 Å². The number of benzene rings is 1. The molecule has 1 aliphatic rings. The van der Waals surface area contributed by atoms with Gasteiger partial charge in [-0.3, -0.25) is 0 Å². The lowest BCUT2D eigenvalue weighted by Gasteiger charge is -2.18. The van der Waals surface area contributed by atoms with Gasteiger partial charge in [0, 0.05) is 18.2 Å². The van der Waals surface area contributed by atoms with Crippen LogP contribution in [0.3, 0.4) is 0 Å². The van der Waals surface area contributed by atoms with E-state index in [9.17, 15) is 4.39 Å². The van der Waals surface area contributed by atoms with Gasteiger partial charge in [-0.1, -0.05) is 0 Å². The minimum Gasteiger partial charge on any atom is -0.496 e. The summed E-state index contributed by atoms with van der Waals surface area (Å²) in [4.78, 5) is 0. The van der Waals surface area contributed by atoms with Crippen LogP contribution in [0.15, 0.2) is 12.1 Å². The lowest BCUT2D eigenvalue weighted by Crippen LogP contribution is -2.15. The molecular weight excluding hydrogens is 209 g/mol. The lowest BCUT2D eigenvalue weighted by atomic mass is 10.0. The van der Waals surface area contributed by atoms with Crippen LogP contribution in [0.1, 0.15) is 24.4 Å². The van der Waals surface area contributed by atoms with Crippen LogP contribution in [0.25, 0.3) is 0 Å². The van der Waals surface area contributed by atoms with Gasteiger partial charge < -0.3 is 14.8 Å². The number of nitrogens with one attached hydrogen (secondary N) is 1. The highest BCUT2D eigenvalue weighted by Gasteiger charge is 2.24. The van der Waals surface area contributed by atoms with E-state index in [-0.39, 0.29) is 11.9 Å². The minimum absolute atomic E-state index is 0.200. The lowest BCUT2D eigenvalue weighted by molar-refractivity contribution is 0.370. The molecule has 0 bridgehead atoms. The Morgan fingerprint density at radius 1 is 1.25 bits per heavy atom. The molecule has 0 spiro atoms. The molecule has 4 heteroatoms. The zero-order valence-corrected chi connectivity index (χ0v) is 9.55. The Morgan fingerprint density at radius 3 is 2.31 bits per heavy atom. The third-order valence-corrected chi connectivity index (χ3v) is 2.92. The topological polar surface area (TPSA) is 30.5 Å². The first kappa shape index (κ1) is 11.2. The Balaban J connectivity index is 2.46. The van der Waals surface area contributed by atoms with Crippen LogP contribution in [0.5, 0.6) is 11.5 Å². The average Bonchev–Trinajstić information content (AvgIpc) is 2.80. The van der Waals surface area contributed by atoms with Crippen molar-refractivity contribution < 1.29 is 13.9 Å². The van der Waals surface area contributed by atoms with E-state index in [1.165, 1.54) is 12.1 Å². The van der Waals surface area contributed by atoms with Gasteiger partial charge in [-0.2, -0.15) is 0 Å². The van der Waals surface area contributed by atoms with Crippen molar-refractivity contribution in [3.05, 3.63) is 23.5 Å². The fourth-order valence-electron chi connectivity index (χ4n) is 2.18. The van der Waals surface area contributed by atoms with Gasteiger partial charge in [-0.05, 0) is 19.4 Å². The zero-order valence-electron chi connectivity index (χ0n) is 9.55. The zero-order chi connectivity index (χ0) is 11.5. The molecule has 1 heterocycles. The van der Waals surface area contributed by atoms with Gasteiger partial charge in [0.2, 0.25) is 0 Å². The second-order valence-electron chi connectivity index (χ2n) is 3.87. The summed E-state index contributed by atoms with van der Waals surface area (Å²) in [6.45, 7) is 0.981. The van der Waals surface area contributed by atoms with Crippen molar-refractivity contribution in [3.8, 4) is 11.5 Å². The maximum atomic E-state index is 13.3. The Kier molecular flexibility index (Phi) is 3.29. The standard InChI is InChI=1S/C12H16FNO2/c1-15-10-6-8(13)7-11(16-2)12(10)9-4-3-5-14-9/h6-7,9,14H,3-5H2,1-2H3. The van der Waals surface area contributed by atoms with Crippen molar-refractivity contribution in [2.75, 3.05) is 20.8 Å². The van der Waals surface area contributed by atoms with Gasteiger partial charge in [0.15, 0.2) is 0 Å². The number of halogens is 1. The van der Waals surface area contributed by atoms with Gasteiger partial charge >= 0.3 is 0 Å². The van der Waals surface area contributed by atoms with Gasteiger partial charge in [0.25, 0.3) is 0 Å². The van der Waals surface area contributed by atoms with E-state index in [1.807, 2.05) is 0 Å². The van der Waals surface area contributed by atoms with Crippen molar-refractivity contribution in [1.29, 1.82) is 0 Å². The summed E-state index contributed by atoms with van der Waals surface area (Å²) in [6, 6.07) is 3.00. The molecule has 3 nitrogen and oxygen atoms in total. The minimum atomic E-state index is -0.338. The molecule has 0 aromatic heterocycles. The van der Waals surface area contributed by atoms with Crippen molar-refractivity contribution >= 4 is 0 Å². The quantitative estimate of drug-likeness (QED) is 0.856. The number of ether oxygens (including phenoxy) is 2. The molecule has 2 rings (SSSR count). The highest BCUT2D eigenvalue weighted by molar-refractivity contribution is 5.47. The van der Waals surface area contributed by atoms with Crippen LogP contribution < -0.4 is 14.8 Å². The molecule has 1 aliphatic heterocycles. The summed E-state index contributed by atoms with van der Waals surface area (Å²) in [5, 5.41) is 3.36. The summed E-state index contributed by atoms with van der Waals surface area (Å²) in [5.41, 5.74) is 0.920. The van der Waals surface area contributed by atoms with E-state index >= 15 is 0 Å². The van der Waals surface area contributed by atoms with Crippen molar-refractivity contribution in [2.45, 2.75) is 18.9 Å². The van der Waals surface area contributed by atoms with E-state index in [0.29, 0.717) is 11.5 Å². The second-order valence-corrected chi connectivity index (χ2v) is 3.87. The largest absolute Gasteiger partial charge is 0.496 e. The van der Waals surface area contributed by atoms with Crippen molar-refractivity contribution in [3.63, 3.8) is 0 Å². The Morgan fingerprint density at radius 2 is 1.88 bits per heavy atom. The summed E-state index contributed by atoms with van der Waals surface area (Å²) in [7, 11) is 3.10. The molecule has 1 saturated heterocycles. The molecule has 16 heavy (non-hydrogen) atoms. The molecule has 1 fully saturated rings. The first-order valence-corrected chi connectivity index (χ1v) is 5.41. The first-order chi connectivity index (χ1) is 7.76. The third-order valence-electron chi connectivity index (χ3n) is 2.92. The van der Waals surface area contributed by atoms with Crippen LogP contribution in [0.2, 0.25) is 0 Å². The van der Waals surface area contributed by atoms with Crippen LogP contribution in [0, 0.1) is 5.82 Å². The van der Waals surface area contributed by atoms with Crippen LogP contribution in [-0.2, 0) is 0 Å². The maximum Gasteiger partial charge on any atom is 0.130 e. The third kappa shape index (κ3) is 1.97. The van der Waals surface area contributed by atoms with Gasteiger partial charge in [-0.25, -0.2) is 4.39 Å². The Bertz CT molecular complexity index is 350. The fraction of sp³-hybridized carbons (Fsp3) is 0.500. The molecule has 0 radical (unpaired) electrons. The number of hydrogen-bond acceptors (Lipinski definition) is 3. The average molecular weight is 225 g/mol. The fourth-order valence-corrected chi connectivity index (χ4v) is 2.18. The number of rotatable bonds is 3. The van der Waals surface area contributed by atoms with E-state index < -0.39 is 0 Å². The number of methoxy groups -OCH3 is 2. The first-order valence-electron chi connectivity index (χ1n) is 5.41. The van der Waals surface area contributed by atoms with E-state index in [0.717, 1.165) is 24.9 Å². The van der Waals surface area contributed by atoms with Crippen LogP contribution >= 0.6 is 0 Å². The summed E-state index contributed by atoms with van der Waals surface area (Å²) >= 11 is 0. The highest BCUT2D eigenvalue weighted by Crippen LogP contribution is 2.38. The molecule has 0 aliphatic carbocycles. The van der Waals surface area contributed by atoms with Gasteiger partial charge in [0.1, 0.15) is 17.3 Å². The van der Waals surface area contributed by atoms with Crippen molar-refractivity contribution in [1.82, 2.24) is 5.32 Å². The SMILES string of the molecule is COc1cc(F)cc(OC)c1C1CCCN1. The normalized spacial score (nSPS) is 19.8. The maximum absolute atomic E-state index is 13.3. The predicted octanol–water partition coefficient (Wildman–Crippen LogP) is 2.27.